The van der Waals surface area contributed by atoms with Crippen LogP contribution in [0.5, 0.6) is 0 Å². The zero-order chi connectivity index (χ0) is 13.7. The lowest BCUT2D eigenvalue weighted by molar-refractivity contribution is 0.509. The molecule has 0 aliphatic carbocycles. The molecule has 2 aromatic rings. The largest absolute Gasteiger partial charge is 0.310 e. The van der Waals surface area contributed by atoms with E-state index in [2.05, 4.69) is 60.4 Å². The van der Waals surface area contributed by atoms with Gasteiger partial charge in [0.25, 0.3) is 0 Å². The van der Waals surface area contributed by atoms with Crippen LogP contribution in [0.15, 0.2) is 30.6 Å². The molecule has 102 valence electrons. The number of likely N-dealkylation sites (N-methyl/N-ethyl adjacent to an activating group) is 1. The molecule has 1 atom stereocenters. The Bertz CT molecular complexity index is 518. The standard InChI is InChI=1S/C15H22N4/c1-4-16-14(13-8-6-7-12(3)9-13)10-15-17-11-18-19(15)5-2/h6-9,11,14,16H,4-5,10H2,1-3H3. The van der Waals surface area contributed by atoms with Crippen molar-refractivity contribution in [1.82, 2.24) is 20.1 Å². The first-order valence-corrected chi connectivity index (χ1v) is 6.91. The smallest absolute Gasteiger partial charge is 0.138 e. The van der Waals surface area contributed by atoms with Gasteiger partial charge in [-0.1, -0.05) is 36.8 Å². The van der Waals surface area contributed by atoms with Crippen molar-refractivity contribution < 1.29 is 0 Å². The molecular weight excluding hydrogens is 236 g/mol. The highest BCUT2D eigenvalue weighted by molar-refractivity contribution is 5.25. The summed E-state index contributed by atoms with van der Waals surface area (Å²) in [6.07, 6.45) is 2.50. The van der Waals surface area contributed by atoms with Crippen molar-refractivity contribution in [2.24, 2.45) is 0 Å². The van der Waals surface area contributed by atoms with Gasteiger partial charge >= 0.3 is 0 Å². The second-order valence-electron chi connectivity index (χ2n) is 4.72. The molecule has 1 aromatic carbocycles. The van der Waals surface area contributed by atoms with Crippen molar-refractivity contribution in [3.63, 3.8) is 0 Å². The van der Waals surface area contributed by atoms with Gasteiger partial charge in [-0.15, -0.1) is 0 Å². The van der Waals surface area contributed by atoms with Gasteiger partial charge in [0, 0.05) is 19.0 Å². The van der Waals surface area contributed by atoms with Crippen molar-refractivity contribution in [3.05, 3.63) is 47.5 Å². The molecule has 1 N–H and O–H groups in total. The van der Waals surface area contributed by atoms with Crippen LogP contribution < -0.4 is 5.32 Å². The summed E-state index contributed by atoms with van der Waals surface area (Å²) >= 11 is 0. The summed E-state index contributed by atoms with van der Waals surface area (Å²) < 4.78 is 1.96. The molecule has 1 aromatic heterocycles. The Balaban J connectivity index is 2.21. The molecule has 0 radical (unpaired) electrons. The van der Waals surface area contributed by atoms with Gasteiger partial charge in [0.05, 0.1) is 0 Å². The van der Waals surface area contributed by atoms with Crippen LogP contribution in [-0.4, -0.2) is 21.3 Å². The molecule has 0 aliphatic heterocycles. The number of aromatic nitrogens is 3. The van der Waals surface area contributed by atoms with Crippen molar-refractivity contribution >= 4 is 0 Å². The van der Waals surface area contributed by atoms with Gasteiger partial charge in [-0.05, 0) is 26.0 Å². The van der Waals surface area contributed by atoms with E-state index in [0.717, 1.165) is 25.3 Å². The van der Waals surface area contributed by atoms with Crippen LogP contribution in [-0.2, 0) is 13.0 Å². The first kappa shape index (κ1) is 13.7. The molecule has 0 saturated carbocycles. The average molecular weight is 258 g/mol. The number of benzene rings is 1. The van der Waals surface area contributed by atoms with Crippen molar-refractivity contribution in [2.75, 3.05) is 6.54 Å². The molecule has 0 aliphatic rings. The van der Waals surface area contributed by atoms with E-state index in [4.69, 9.17) is 0 Å². The van der Waals surface area contributed by atoms with Gasteiger partial charge < -0.3 is 5.32 Å². The monoisotopic (exact) mass is 258 g/mol. The molecule has 0 fully saturated rings. The predicted molar refractivity (Wildman–Crippen MR) is 77.0 cm³/mol. The number of hydrogen-bond donors (Lipinski definition) is 1. The Labute approximate surface area is 114 Å². The maximum atomic E-state index is 4.37. The zero-order valence-electron chi connectivity index (χ0n) is 11.9. The minimum Gasteiger partial charge on any atom is -0.310 e. The van der Waals surface area contributed by atoms with E-state index < -0.39 is 0 Å². The van der Waals surface area contributed by atoms with Crippen LogP contribution in [0.4, 0.5) is 0 Å². The maximum absolute atomic E-state index is 4.37. The van der Waals surface area contributed by atoms with E-state index in [-0.39, 0.29) is 0 Å². The van der Waals surface area contributed by atoms with E-state index >= 15 is 0 Å². The fourth-order valence-corrected chi connectivity index (χ4v) is 2.33. The summed E-state index contributed by atoms with van der Waals surface area (Å²) in [7, 11) is 0. The van der Waals surface area contributed by atoms with Crippen LogP contribution in [0, 0.1) is 6.92 Å². The van der Waals surface area contributed by atoms with Crippen LogP contribution >= 0.6 is 0 Å². The lowest BCUT2D eigenvalue weighted by Crippen LogP contribution is -2.24. The minimum absolute atomic E-state index is 0.291. The molecule has 2 rings (SSSR count). The molecule has 0 amide bonds. The Morgan fingerprint density at radius 2 is 2.16 bits per heavy atom. The Kier molecular flexibility index (Phi) is 4.68. The summed E-state index contributed by atoms with van der Waals surface area (Å²) in [5, 5.41) is 7.77. The average Bonchev–Trinajstić information content (AvgIpc) is 2.85. The van der Waals surface area contributed by atoms with Crippen molar-refractivity contribution in [2.45, 2.75) is 39.8 Å². The molecule has 1 heterocycles. The van der Waals surface area contributed by atoms with Gasteiger partial charge in [0.1, 0.15) is 12.2 Å². The number of aryl methyl sites for hydroxylation is 2. The van der Waals surface area contributed by atoms with Crippen LogP contribution in [0.1, 0.15) is 36.8 Å². The Morgan fingerprint density at radius 3 is 2.84 bits per heavy atom. The van der Waals surface area contributed by atoms with Crippen molar-refractivity contribution in [1.29, 1.82) is 0 Å². The number of rotatable bonds is 6. The van der Waals surface area contributed by atoms with E-state index in [1.807, 2.05) is 4.68 Å². The second-order valence-corrected chi connectivity index (χ2v) is 4.72. The van der Waals surface area contributed by atoms with Gasteiger partial charge in [0.2, 0.25) is 0 Å². The Hall–Kier alpha value is -1.68. The van der Waals surface area contributed by atoms with E-state index in [1.54, 1.807) is 6.33 Å². The number of nitrogens with one attached hydrogen (secondary N) is 1. The summed E-state index contributed by atoms with van der Waals surface area (Å²) in [5.41, 5.74) is 2.60. The third-order valence-electron chi connectivity index (χ3n) is 3.28. The lowest BCUT2D eigenvalue weighted by Gasteiger charge is -2.18. The molecule has 4 heteroatoms. The van der Waals surface area contributed by atoms with Gasteiger partial charge in [0.15, 0.2) is 0 Å². The minimum atomic E-state index is 0.291. The fourth-order valence-electron chi connectivity index (χ4n) is 2.33. The van der Waals surface area contributed by atoms with Gasteiger partial charge in [-0.3, -0.25) is 4.68 Å². The molecular formula is C15H22N4. The number of hydrogen-bond acceptors (Lipinski definition) is 3. The van der Waals surface area contributed by atoms with Crippen LogP contribution in [0.25, 0.3) is 0 Å². The summed E-state index contributed by atoms with van der Waals surface area (Å²) in [6.45, 7) is 8.16. The van der Waals surface area contributed by atoms with Crippen LogP contribution in [0.2, 0.25) is 0 Å². The zero-order valence-corrected chi connectivity index (χ0v) is 11.9. The first-order valence-electron chi connectivity index (χ1n) is 6.91. The molecule has 0 saturated heterocycles. The fraction of sp³-hybridized carbons (Fsp3) is 0.467. The maximum Gasteiger partial charge on any atom is 0.138 e. The first-order chi connectivity index (χ1) is 9.24. The third-order valence-corrected chi connectivity index (χ3v) is 3.28. The van der Waals surface area contributed by atoms with Crippen LogP contribution in [0.3, 0.4) is 0 Å². The second kappa shape index (κ2) is 6.48. The number of nitrogens with zero attached hydrogens (tertiary/aromatic N) is 3. The topological polar surface area (TPSA) is 42.7 Å². The normalized spacial score (nSPS) is 12.6. The Morgan fingerprint density at radius 1 is 1.32 bits per heavy atom. The van der Waals surface area contributed by atoms with E-state index in [9.17, 15) is 0 Å². The van der Waals surface area contributed by atoms with Gasteiger partial charge in [-0.25, -0.2) is 4.98 Å². The van der Waals surface area contributed by atoms with Crippen molar-refractivity contribution in [3.8, 4) is 0 Å². The lowest BCUT2D eigenvalue weighted by atomic mass is 10.0. The predicted octanol–water partition coefficient (Wildman–Crippen LogP) is 2.50. The molecule has 1 unspecified atom stereocenters. The van der Waals surface area contributed by atoms with E-state index in [1.165, 1.54) is 11.1 Å². The highest BCUT2D eigenvalue weighted by atomic mass is 15.3. The SMILES string of the molecule is CCNC(Cc1ncnn1CC)c1cccc(C)c1. The summed E-state index contributed by atoms with van der Waals surface area (Å²) in [5.74, 6) is 1.04. The molecule has 0 bridgehead atoms. The van der Waals surface area contributed by atoms with E-state index in [0.29, 0.717) is 6.04 Å². The molecule has 4 nitrogen and oxygen atoms in total. The van der Waals surface area contributed by atoms with Gasteiger partial charge in [-0.2, -0.15) is 5.10 Å². The summed E-state index contributed by atoms with van der Waals surface area (Å²) in [6, 6.07) is 8.94. The molecule has 0 spiro atoms. The quantitative estimate of drug-likeness (QED) is 0.865. The highest BCUT2D eigenvalue weighted by Gasteiger charge is 2.14. The highest BCUT2D eigenvalue weighted by Crippen LogP contribution is 2.18. The summed E-state index contributed by atoms with van der Waals surface area (Å²) in [4.78, 5) is 4.37. The molecule has 19 heavy (non-hydrogen) atoms. The third kappa shape index (κ3) is 3.41.